The van der Waals surface area contributed by atoms with Gasteiger partial charge < -0.3 is 14.8 Å². The molecule has 1 aliphatic rings. The van der Waals surface area contributed by atoms with Crippen LogP contribution in [0.15, 0.2) is 36.5 Å². The van der Waals surface area contributed by atoms with Crippen molar-refractivity contribution in [1.82, 2.24) is 15.2 Å². The van der Waals surface area contributed by atoms with Crippen LogP contribution in [0.3, 0.4) is 0 Å². The molecule has 1 aromatic carbocycles. The molecule has 6 nitrogen and oxygen atoms in total. The van der Waals surface area contributed by atoms with E-state index in [0.717, 1.165) is 40.2 Å². The average molecular weight is 440 g/mol. The number of pyridine rings is 1. The third kappa shape index (κ3) is 4.74. The first-order valence-electron chi connectivity index (χ1n) is 10.6. The molecule has 3 aromatic rings. The summed E-state index contributed by atoms with van der Waals surface area (Å²) in [7, 11) is 1.71. The summed E-state index contributed by atoms with van der Waals surface area (Å²) in [5.74, 6) is 0.846. The second-order valence-electron chi connectivity index (χ2n) is 8.24. The lowest BCUT2D eigenvalue weighted by Gasteiger charge is -2.33. The van der Waals surface area contributed by atoms with Crippen LogP contribution in [0.1, 0.15) is 46.3 Å². The molecule has 0 spiro atoms. The minimum atomic E-state index is -0.184. The maximum atomic E-state index is 13.0. The van der Waals surface area contributed by atoms with Crippen LogP contribution in [0.2, 0.25) is 0 Å². The van der Waals surface area contributed by atoms with Crippen molar-refractivity contribution in [3.05, 3.63) is 58.1 Å². The predicted molar refractivity (Wildman–Crippen MR) is 124 cm³/mol. The Bertz CT molecular complexity index is 1080. The van der Waals surface area contributed by atoms with E-state index in [2.05, 4.69) is 40.3 Å². The van der Waals surface area contributed by atoms with Gasteiger partial charge in [0.25, 0.3) is 5.91 Å². The van der Waals surface area contributed by atoms with Crippen LogP contribution in [0.25, 0.3) is 10.2 Å². The minimum Gasteiger partial charge on any atom is -0.496 e. The fourth-order valence-electron chi connectivity index (χ4n) is 4.01. The Balaban J connectivity index is 1.63. The van der Waals surface area contributed by atoms with Crippen LogP contribution >= 0.6 is 11.3 Å². The zero-order valence-corrected chi connectivity index (χ0v) is 19.3. The number of thiophene rings is 1. The Labute approximate surface area is 187 Å². The molecule has 0 aliphatic carbocycles. The van der Waals surface area contributed by atoms with Crippen molar-refractivity contribution < 1.29 is 14.3 Å². The molecule has 4 rings (SSSR count). The molecule has 2 aromatic heterocycles. The molecule has 0 saturated carbocycles. The molecule has 7 heteroatoms. The molecule has 0 radical (unpaired) electrons. The molecule has 1 N–H and O–H groups in total. The summed E-state index contributed by atoms with van der Waals surface area (Å²) in [4.78, 5) is 21.4. The number of carbonyl (C=O) groups is 1. The van der Waals surface area contributed by atoms with E-state index in [1.807, 2.05) is 26.0 Å². The summed E-state index contributed by atoms with van der Waals surface area (Å²) in [6.07, 6.45) is 1.58. The van der Waals surface area contributed by atoms with Crippen LogP contribution in [0, 0.1) is 6.92 Å². The number of hydrogen-bond acceptors (Lipinski definition) is 6. The van der Waals surface area contributed by atoms with Crippen LogP contribution < -0.4 is 10.1 Å². The molecule has 1 aliphatic heterocycles. The fraction of sp³-hybridized carbons (Fsp3) is 0.417. The zero-order chi connectivity index (χ0) is 22.0. The summed E-state index contributed by atoms with van der Waals surface area (Å²) in [5.41, 5.74) is 3.29. The van der Waals surface area contributed by atoms with Gasteiger partial charge in [-0.25, -0.2) is 4.98 Å². The predicted octanol–water partition coefficient (Wildman–Crippen LogP) is 4.33. The highest BCUT2D eigenvalue weighted by molar-refractivity contribution is 7.20. The van der Waals surface area contributed by atoms with Gasteiger partial charge in [-0.2, -0.15) is 0 Å². The number of amides is 1. The number of aromatic nitrogens is 1. The van der Waals surface area contributed by atoms with Gasteiger partial charge >= 0.3 is 0 Å². The van der Waals surface area contributed by atoms with E-state index in [-0.39, 0.29) is 18.1 Å². The van der Waals surface area contributed by atoms with Crippen molar-refractivity contribution >= 4 is 27.5 Å². The standard InChI is InChI=1S/C24H29N3O3S/c1-15(2)26-23(28)22-21(18-6-5-9-25-24(18)31-22)20-14-27(10-11-30-20)13-17-8-7-16(3)12-19(17)29-4/h5-9,12,15,20H,10-11,13-14H2,1-4H3,(H,26,28). The lowest BCUT2D eigenvalue weighted by molar-refractivity contribution is -0.0325. The number of methoxy groups -OCH3 is 1. The number of hydrogen-bond donors (Lipinski definition) is 1. The summed E-state index contributed by atoms with van der Waals surface area (Å²) in [5, 5.41) is 4.03. The Morgan fingerprint density at radius 1 is 1.39 bits per heavy atom. The van der Waals surface area contributed by atoms with Gasteiger partial charge in [0.1, 0.15) is 15.5 Å². The van der Waals surface area contributed by atoms with E-state index in [1.165, 1.54) is 16.9 Å². The maximum absolute atomic E-state index is 13.0. The van der Waals surface area contributed by atoms with Crippen LogP contribution in [-0.4, -0.2) is 48.6 Å². The van der Waals surface area contributed by atoms with Crippen molar-refractivity contribution in [2.45, 2.75) is 39.5 Å². The van der Waals surface area contributed by atoms with Gasteiger partial charge in [-0.1, -0.05) is 18.2 Å². The first kappa shape index (κ1) is 21.7. The third-order valence-corrected chi connectivity index (χ3v) is 6.57. The van der Waals surface area contributed by atoms with E-state index < -0.39 is 0 Å². The monoisotopic (exact) mass is 439 g/mol. The average Bonchev–Trinajstić information content (AvgIpc) is 3.14. The normalized spacial score (nSPS) is 17.3. The van der Waals surface area contributed by atoms with Crippen molar-refractivity contribution in [3.63, 3.8) is 0 Å². The number of benzene rings is 1. The fourth-order valence-corrected chi connectivity index (χ4v) is 5.11. The Morgan fingerprint density at radius 3 is 3.00 bits per heavy atom. The highest BCUT2D eigenvalue weighted by Gasteiger charge is 2.30. The number of carbonyl (C=O) groups excluding carboxylic acids is 1. The van der Waals surface area contributed by atoms with E-state index in [1.54, 1.807) is 13.3 Å². The van der Waals surface area contributed by atoms with Crippen molar-refractivity contribution in [2.75, 3.05) is 26.8 Å². The van der Waals surface area contributed by atoms with Gasteiger partial charge in [0.2, 0.25) is 0 Å². The molecule has 1 unspecified atom stereocenters. The van der Waals surface area contributed by atoms with Gasteiger partial charge in [-0.05, 0) is 38.5 Å². The number of fused-ring (bicyclic) bond motifs is 1. The highest BCUT2D eigenvalue weighted by atomic mass is 32.1. The van der Waals surface area contributed by atoms with E-state index in [4.69, 9.17) is 9.47 Å². The first-order chi connectivity index (χ1) is 15.0. The molecule has 1 amide bonds. The Kier molecular flexibility index (Phi) is 6.55. The molecular formula is C24H29N3O3S. The van der Waals surface area contributed by atoms with E-state index in [0.29, 0.717) is 18.0 Å². The first-order valence-corrected chi connectivity index (χ1v) is 11.4. The number of morpholine rings is 1. The molecule has 164 valence electrons. The van der Waals surface area contributed by atoms with E-state index >= 15 is 0 Å². The molecule has 3 heterocycles. The van der Waals surface area contributed by atoms with Gasteiger partial charge in [-0.15, -0.1) is 11.3 Å². The number of nitrogens with one attached hydrogen (secondary N) is 1. The van der Waals surface area contributed by atoms with Crippen molar-refractivity contribution in [2.24, 2.45) is 0 Å². The number of ether oxygens (including phenoxy) is 2. The number of rotatable bonds is 6. The highest BCUT2D eigenvalue weighted by Crippen LogP contribution is 2.37. The van der Waals surface area contributed by atoms with Gasteiger partial charge in [0, 0.05) is 48.4 Å². The van der Waals surface area contributed by atoms with Crippen molar-refractivity contribution in [1.29, 1.82) is 0 Å². The second kappa shape index (κ2) is 9.34. The summed E-state index contributed by atoms with van der Waals surface area (Å²) in [6, 6.07) is 10.3. The lowest BCUT2D eigenvalue weighted by Crippen LogP contribution is -2.38. The molecule has 1 fully saturated rings. The van der Waals surface area contributed by atoms with Gasteiger partial charge in [-0.3, -0.25) is 9.69 Å². The molecule has 0 bridgehead atoms. The molecule has 31 heavy (non-hydrogen) atoms. The van der Waals surface area contributed by atoms with Crippen LogP contribution in [-0.2, 0) is 11.3 Å². The molecule has 1 saturated heterocycles. The SMILES string of the molecule is COc1cc(C)ccc1CN1CCOC(c2c(C(=O)NC(C)C)sc3ncccc23)C1. The van der Waals surface area contributed by atoms with E-state index in [9.17, 15) is 4.79 Å². The second-order valence-corrected chi connectivity index (χ2v) is 9.24. The van der Waals surface area contributed by atoms with Crippen LogP contribution in [0.4, 0.5) is 0 Å². The van der Waals surface area contributed by atoms with Crippen LogP contribution in [0.5, 0.6) is 5.75 Å². The smallest absolute Gasteiger partial charge is 0.262 e. The summed E-state index contributed by atoms with van der Waals surface area (Å²) >= 11 is 1.44. The molecule has 1 atom stereocenters. The van der Waals surface area contributed by atoms with Crippen molar-refractivity contribution in [3.8, 4) is 5.75 Å². The zero-order valence-electron chi connectivity index (χ0n) is 18.5. The Morgan fingerprint density at radius 2 is 2.23 bits per heavy atom. The quantitative estimate of drug-likeness (QED) is 0.620. The lowest BCUT2D eigenvalue weighted by atomic mass is 10.0. The molecular weight excluding hydrogens is 410 g/mol. The summed E-state index contributed by atoms with van der Waals surface area (Å²) < 4.78 is 11.8. The topological polar surface area (TPSA) is 63.7 Å². The largest absolute Gasteiger partial charge is 0.496 e. The number of aryl methyl sites for hydroxylation is 1. The summed E-state index contributed by atoms with van der Waals surface area (Å²) in [6.45, 7) is 8.93. The third-order valence-electron chi connectivity index (χ3n) is 5.44. The minimum absolute atomic E-state index is 0.0612. The number of nitrogens with zero attached hydrogens (tertiary/aromatic N) is 2. The van der Waals surface area contributed by atoms with Gasteiger partial charge in [0.15, 0.2) is 0 Å². The maximum Gasteiger partial charge on any atom is 0.262 e. The van der Waals surface area contributed by atoms with Gasteiger partial charge in [0.05, 0.1) is 19.8 Å². The Hall–Kier alpha value is -2.48.